The van der Waals surface area contributed by atoms with Gasteiger partial charge >= 0.3 is 58.2 Å². The van der Waals surface area contributed by atoms with Crippen LogP contribution >= 0.6 is 0 Å². The molecule has 6 heteroatoms. The molecular weight excluding hydrogens is 262 g/mol. The van der Waals surface area contributed by atoms with Gasteiger partial charge in [-0.05, 0) is 12.5 Å². The Kier molecular flexibility index (Phi) is 3.68. The van der Waals surface area contributed by atoms with Crippen molar-refractivity contribution in [3.63, 3.8) is 0 Å². The summed E-state index contributed by atoms with van der Waals surface area (Å²) in [6.07, 6.45) is 1.57. The van der Waals surface area contributed by atoms with E-state index in [2.05, 4.69) is 9.71 Å². The number of sulfonamides is 1. The van der Waals surface area contributed by atoms with Gasteiger partial charge in [-0.25, -0.2) is 8.42 Å². The molecule has 1 aliphatic rings. The molecule has 0 fully saturated rings. The Bertz CT molecular complexity index is 430. The summed E-state index contributed by atoms with van der Waals surface area (Å²) in [5.41, 5.74) is 2.03. The number of aryl methyl sites for hydroxylation is 1. The van der Waals surface area contributed by atoms with Crippen LogP contribution in [0.5, 0.6) is 0 Å². The van der Waals surface area contributed by atoms with Gasteiger partial charge in [-0.3, -0.25) is 4.98 Å². The largest absolute Gasteiger partial charge is 1.00 e. The van der Waals surface area contributed by atoms with Gasteiger partial charge in [-0.1, -0.05) is 6.07 Å². The monoisotopic (exact) mass is 268 g/mol. The van der Waals surface area contributed by atoms with Gasteiger partial charge in [0, 0.05) is 11.9 Å². The molecule has 0 atom stereocenters. The van der Waals surface area contributed by atoms with E-state index in [1.54, 1.807) is 19.2 Å². The van der Waals surface area contributed by atoms with Crippen molar-refractivity contribution in [3.8, 4) is 0 Å². The number of pyridine rings is 1. The summed E-state index contributed by atoms with van der Waals surface area (Å²) in [6.45, 7) is 1.81. The van der Waals surface area contributed by atoms with Crippen molar-refractivity contribution < 1.29 is 66.6 Å². The van der Waals surface area contributed by atoms with Crippen molar-refractivity contribution in [2.45, 2.75) is 12.7 Å². The summed E-state index contributed by atoms with van der Waals surface area (Å²) in [4.78, 5) is 3.99. The van der Waals surface area contributed by atoms with Crippen molar-refractivity contribution in [3.05, 3.63) is 28.2 Å². The first kappa shape index (κ1) is 11.8. The summed E-state index contributed by atoms with van der Waals surface area (Å²) in [5.74, 6) is -0.00435. The first-order valence-electron chi connectivity index (χ1n) is 3.48. The molecule has 0 saturated heterocycles. The Balaban J connectivity index is 0.000000845. The second-order valence-electron chi connectivity index (χ2n) is 2.77. The van der Waals surface area contributed by atoms with Gasteiger partial charge in [-0.15, -0.1) is 5.69 Å². The van der Waals surface area contributed by atoms with E-state index in [4.69, 9.17) is 0 Å². The molecule has 64 valence electrons. The van der Waals surface area contributed by atoms with Gasteiger partial charge in [0.15, 0.2) is 0 Å². The van der Waals surface area contributed by atoms with Crippen molar-refractivity contribution in [2.75, 3.05) is 0 Å². The van der Waals surface area contributed by atoms with Crippen LogP contribution in [0.15, 0.2) is 12.3 Å². The fourth-order valence-electron chi connectivity index (χ4n) is 1.15. The summed E-state index contributed by atoms with van der Waals surface area (Å²) in [6, 6.07) is 1.68. The van der Waals surface area contributed by atoms with Crippen molar-refractivity contribution in [1.82, 2.24) is 4.98 Å². The fraction of sp³-hybridized carbons (Fsp3) is 0.286. The predicted molar refractivity (Wildman–Crippen MR) is 44.6 cm³/mol. The van der Waals surface area contributed by atoms with E-state index < -0.39 is 10.0 Å². The fourth-order valence-corrected chi connectivity index (χ4v) is 2.30. The molecule has 0 unspecified atom stereocenters. The van der Waals surface area contributed by atoms with E-state index in [0.29, 0.717) is 11.3 Å². The van der Waals surface area contributed by atoms with E-state index in [9.17, 15) is 8.42 Å². The maximum Gasteiger partial charge on any atom is 1.00 e. The zero-order valence-electron chi connectivity index (χ0n) is 7.48. The summed E-state index contributed by atoms with van der Waals surface area (Å²) >= 11 is 0. The Hall–Kier alpha value is 0.705. The molecule has 1 aromatic rings. The number of fused-ring (bicyclic) bond motifs is 1. The van der Waals surface area contributed by atoms with Crippen LogP contribution < -0.4 is 58.2 Å². The molecule has 0 radical (unpaired) electrons. The minimum absolute atomic E-state index is 0. The first-order valence-corrected chi connectivity index (χ1v) is 5.09. The Morgan fingerprint density at radius 1 is 1.54 bits per heavy atom. The summed E-state index contributed by atoms with van der Waals surface area (Å²) < 4.78 is 25.6. The summed E-state index contributed by atoms with van der Waals surface area (Å²) in [5, 5.41) is 0. The van der Waals surface area contributed by atoms with Gasteiger partial charge in [0.2, 0.25) is 0 Å². The van der Waals surface area contributed by atoms with Crippen LogP contribution in [0.2, 0.25) is 0 Å². The normalized spacial score (nSPS) is 17.0. The van der Waals surface area contributed by atoms with Crippen LogP contribution in [0.4, 0.5) is 5.69 Å². The van der Waals surface area contributed by atoms with Crippen LogP contribution in [-0.4, -0.2) is 13.4 Å². The second kappa shape index (κ2) is 4.06. The molecule has 0 saturated carbocycles. The van der Waals surface area contributed by atoms with Gasteiger partial charge in [0.25, 0.3) is 0 Å². The van der Waals surface area contributed by atoms with Crippen LogP contribution in [0.1, 0.15) is 11.3 Å². The van der Waals surface area contributed by atoms with E-state index in [-0.39, 0.29) is 63.9 Å². The van der Waals surface area contributed by atoms with Crippen LogP contribution in [-0.2, 0) is 15.8 Å². The van der Waals surface area contributed by atoms with Crippen LogP contribution in [0, 0.1) is 6.92 Å². The molecule has 1 aromatic heterocycles. The van der Waals surface area contributed by atoms with Crippen molar-refractivity contribution in [1.29, 1.82) is 0 Å². The van der Waals surface area contributed by atoms with Crippen molar-refractivity contribution in [2.24, 2.45) is 0 Å². The average Bonchev–Trinajstić information content (AvgIpc) is 2.21. The van der Waals surface area contributed by atoms with Crippen LogP contribution in [0.25, 0.3) is 4.72 Å². The second-order valence-corrected chi connectivity index (χ2v) is 4.41. The minimum atomic E-state index is -3.24. The zero-order chi connectivity index (χ0) is 8.77. The number of hydrogen-bond donors (Lipinski definition) is 0. The number of rotatable bonds is 0. The molecule has 2 rings (SSSR count). The van der Waals surface area contributed by atoms with Gasteiger partial charge < -0.3 is 4.72 Å². The number of nitrogens with zero attached hydrogens (tertiary/aromatic N) is 2. The molecule has 0 aliphatic carbocycles. The SMILES string of the molecule is Cc1cc2c(cn1)CS(=O)(=O)[N-]2.[Rb+]. The van der Waals surface area contributed by atoms with E-state index >= 15 is 0 Å². The Labute approximate surface area is 126 Å². The third-order valence-electron chi connectivity index (χ3n) is 1.67. The first-order chi connectivity index (χ1) is 5.57. The average molecular weight is 269 g/mol. The molecule has 0 bridgehead atoms. The smallest absolute Gasteiger partial charge is 0.576 e. The van der Waals surface area contributed by atoms with Crippen molar-refractivity contribution >= 4 is 15.7 Å². The molecule has 2 heterocycles. The molecular formula is C7H7N2O2RbS. The quantitative estimate of drug-likeness (QED) is 0.560. The number of aromatic nitrogens is 1. The van der Waals surface area contributed by atoms with Gasteiger partial charge in [-0.2, -0.15) is 0 Å². The molecule has 13 heavy (non-hydrogen) atoms. The van der Waals surface area contributed by atoms with E-state index in [1.165, 1.54) is 0 Å². The third-order valence-corrected chi connectivity index (χ3v) is 2.82. The third kappa shape index (κ3) is 2.59. The molecule has 4 nitrogen and oxygen atoms in total. The molecule has 0 spiro atoms. The molecule has 1 aliphatic heterocycles. The minimum Gasteiger partial charge on any atom is -0.576 e. The van der Waals surface area contributed by atoms with E-state index in [1.807, 2.05) is 0 Å². The maximum absolute atomic E-state index is 11.0. The Morgan fingerprint density at radius 3 is 2.92 bits per heavy atom. The topological polar surface area (TPSA) is 61.1 Å². The molecule has 0 aromatic carbocycles. The number of hydrogen-bond acceptors (Lipinski definition) is 3. The van der Waals surface area contributed by atoms with Gasteiger partial charge in [0.05, 0.1) is 15.8 Å². The van der Waals surface area contributed by atoms with E-state index in [0.717, 1.165) is 5.69 Å². The molecule has 0 N–H and O–H groups in total. The maximum atomic E-state index is 11.0. The molecule has 0 amide bonds. The van der Waals surface area contributed by atoms with Gasteiger partial charge in [0.1, 0.15) is 0 Å². The van der Waals surface area contributed by atoms with Crippen LogP contribution in [0.3, 0.4) is 0 Å². The Morgan fingerprint density at radius 2 is 2.23 bits per heavy atom. The zero-order valence-corrected chi connectivity index (χ0v) is 13.2. The predicted octanol–water partition coefficient (Wildman–Crippen LogP) is -1.76. The standard InChI is InChI=1S/C7H7N2O2S.Rb/c1-5-2-7-6(3-8-5)4-12(10,11)9-7;/h2-3H,4H2,1H3;/q-1;+1. The summed E-state index contributed by atoms with van der Waals surface area (Å²) in [7, 11) is -3.24.